The fraction of sp³-hybridized carbons (Fsp3) is 0.278. The summed E-state index contributed by atoms with van der Waals surface area (Å²) < 4.78 is 14.0. The molecule has 2 aromatic rings. The third kappa shape index (κ3) is 3.93. The van der Waals surface area contributed by atoms with Gasteiger partial charge in [-0.2, -0.15) is 0 Å². The minimum Gasteiger partial charge on any atom is -0.372 e. The van der Waals surface area contributed by atoms with Crippen molar-refractivity contribution in [1.82, 2.24) is 5.32 Å². The van der Waals surface area contributed by atoms with Crippen molar-refractivity contribution in [2.45, 2.75) is 19.4 Å². The van der Waals surface area contributed by atoms with Crippen LogP contribution < -0.4 is 10.2 Å². The Bertz CT molecular complexity index is 819. The summed E-state index contributed by atoms with van der Waals surface area (Å²) in [4.78, 5) is 24.8. The molecule has 0 saturated heterocycles. The van der Waals surface area contributed by atoms with Gasteiger partial charge in [-0.05, 0) is 32.0 Å². The second-order valence-electron chi connectivity index (χ2n) is 6.41. The van der Waals surface area contributed by atoms with Crippen molar-refractivity contribution < 1.29 is 14.1 Å². The molecule has 6 nitrogen and oxygen atoms in total. The molecule has 0 bridgehead atoms. The van der Waals surface area contributed by atoms with Gasteiger partial charge < -0.3 is 10.2 Å². The van der Waals surface area contributed by atoms with Crippen molar-refractivity contribution in [2.75, 3.05) is 19.0 Å². The average Bonchev–Trinajstić information content (AvgIpc) is 2.53. The van der Waals surface area contributed by atoms with E-state index in [1.54, 1.807) is 51.0 Å². The minimum absolute atomic E-state index is 0.140. The number of nitrogens with one attached hydrogen (secondary N) is 1. The predicted octanol–water partition coefficient (Wildman–Crippen LogP) is 3.47. The first-order valence-electron chi connectivity index (χ1n) is 7.67. The number of rotatable bonds is 5. The number of halogens is 1. The highest BCUT2D eigenvalue weighted by Gasteiger charge is 2.27. The van der Waals surface area contributed by atoms with Gasteiger partial charge in [0, 0.05) is 31.3 Å². The van der Waals surface area contributed by atoms with Gasteiger partial charge in [-0.3, -0.25) is 14.9 Å². The van der Waals surface area contributed by atoms with Gasteiger partial charge in [-0.1, -0.05) is 18.2 Å². The van der Waals surface area contributed by atoms with Gasteiger partial charge in [0.25, 0.3) is 11.6 Å². The Morgan fingerprint density at radius 1 is 1.20 bits per heavy atom. The monoisotopic (exact) mass is 345 g/mol. The summed E-state index contributed by atoms with van der Waals surface area (Å²) in [7, 11) is 3.37. The molecule has 1 amide bonds. The second-order valence-corrected chi connectivity index (χ2v) is 6.41. The molecule has 0 fully saturated rings. The van der Waals surface area contributed by atoms with E-state index < -0.39 is 22.2 Å². The Hall–Kier alpha value is -2.96. The molecular weight excluding hydrogens is 325 g/mol. The average molecular weight is 345 g/mol. The Morgan fingerprint density at radius 2 is 1.84 bits per heavy atom. The zero-order chi connectivity index (χ0) is 18.8. The maximum atomic E-state index is 14.0. The number of anilines is 1. The number of hydrogen-bond acceptors (Lipinski definition) is 4. The van der Waals surface area contributed by atoms with Crippen LogP contribution in [0.4, 0.5) is 15.8 Å². The molecule has 0 spiro atoms. The lowest BCUT2D eigenvalue weighted by Gasteiger charge is -2.27. The van der Waals surface area contributed by atoms with E-state index in [1.807, 2.05) is 0 Å². The van der Waals surface area contributed by atoms with Crippen molar-refractivity contribution in [2.24, 2.45) is 0 Å². The Labute approximate surface area is 145 Å². The molecule has 0 aromatic heterocycles. The van der Waals surface area contributed by atoms with Gasteiger partial charge in [-0.25, -0.2) is 4.39 Å². The molecule has 0 aliphatic carbocycles. The molecule has 0 heterocycles. The van der Waals surface area contributed by atoms with Gasteiger partial charge in [0.1, 0.15) is 11.5 Å². The maximum Gasteiger partial charge on any atom is 0.293 e. The molecule has 1 N–H and O–H groups in total. The zero-order valence-electron chi connectivity index (χ0n) is 14.5. The quantitative estimate of drug-likeness (QED) is 0.665. The van der Waals surface area contributed by atoms with E-state index in [9.17, 15) is 19.3 Å². The number of amides is 1. The first-order chi connectivity index (χ1) is 11.6. The summed E-state index contributed by atoms with van der Waals surface area (Å²) in [5.74, 6) is -0.941. The van der Waals surface area contributed by atoms with Crippen LogP contribution in [0.25, 0.3) is 0 Å². The highest BCUT2D eigenvalue weighted by Crippen LogP contribution is 2.29. The zero-order valence-corrected chi connectivity index (χ0v) is 14.5. The molecule has 0 saturated carbocycles. The molecule has 132 valence electrons. The summed E-state index contributed by atoms with van der Waals surface area (Å²) in [6, 6.07) is 10.4. The summed E-state index contributed by atoms with van der Waals surface area (Å²) in [6.07, 6.45) is 0. The van der Waals surface area contributed by atoms with E-state index in [1.165, 1.54) is 24.3 Å². The molecule has 7 heteroatoms. The lowest BCUT2D eigenvalue weighted by Crippen LogP contribution is -2.41. The highest BCUT2D eigenvalue weighted by atomic mass is 19.1. The van der Waals surface area contributed by atoms with Gasteiger partial charge >= 0.3 is 0 Å². The molecular formula is C18H20FN3O3. The van der Waals surface area contributed by atoms with Crippen molar-refractivity contribution in [3.63, 3.8) is 0 Å². The summed E-state index contributed by atoms with van der Waals surface area (Å²) in [6.45, 7) is 3.35. The highest BCUT2D eigenvalue weighted by molar-refractivity contribution is 5.96. The smallest absolute Gasteiger partial charge is 0.293 e. The Morgan fingerprint density at radius 3 is 2.40 bits per heavy atom. The molecule has 0 atom stereocenters. The topological polar surface area (TPSA) is 75.5 Å². The van der Waals surface area contributed by atoms with Crippen LogP contribution in [0.2, 0.25) is 0 Å². The maximum absolute atomic E-state index is 14.0. The number of carbonyl (C=O) groups excluding carboxylic acids is 1. The van der Waals surface area contributed by atoms with Gasteiger partial charge in [0.2, 0.25) is 0 Å². The van der Waals surface area contributed by atoms with Crippen LogP contribution in [0.1, 0.15) is 29.8 Å². The van der Waals surface area contributed by atoms with E-state index >= 15 is 0 Å². The van der Waals surface area contributed by atoms with Gasteiger partial charge in [0.05, 0.1) is 10.5 Å². The number of nitrogens with zero attached hydrogens (tertiary/aromatic N) is 2. The van der Waals surface area contributed by atoms with Crippen LogP contribution in [-0.2, 0) is 5.54 Å². The van der Waals surface area contributed by atoms with Crippen LogP contribution in [0, 0.1) is 15.9 Å². The molecule has 0 radical (unpaired) electrons. The molecule has 25 heavy (non-hydrogen) atoms. The number of hydrogen-bond donors (Lipinski definition) is 1. The molecule has 0 aliphatic rings. The number of nitro groups is 1. The Kier molecular flexibility index (Phi) is 5.06. The van der Waals surface area contributed by atoms with Crippen LogP contribution in [0.15, 0.2) is 42.5 Å². The van der Waals surface area contributed by atoms with Crippen LogP contribution in [-0.4, -0.2) is 24.9 Å². The second kappa shape index (κ2) is 6.88. The van der Waals surface area contributed by atoms with E-state index in [4.69, 9.17) is 0 Å². The predicted molar refractivity (Wildman–Crippen MR) is 94.3 cm³/mol. The number of nitro benzene ring substituents is 1. The fourth-order valence-electron chi connectivity index (χ4n) is 2.58. The third-order valence-electron chi connectivity index (χ3n) is 3.89. The lowest BCUT2D eigenvalue weighted by atomic mass is 9.93. The van der Waals surface area contributed by atoms with Gasteiger partial charge in [-0.15, -0.1) is 0 Å². The van der Waals surface area contributed by atoms with Crippen molar-refractivity contribution in [1.29, 1.82) is 0 Å². The first kappa shape index (κ1) is 18.4. The Balaban J connectivity index is 2.34. The minimum atomic E-state index is -0.975. The molecule has 0 unspecified atom stereocenters. The van der Waals surface area contributed by atoms with E-state index in [-0.39, 0.29) is 11.3 Å². The van der Waals surface area contributed by atoms with Crippen molar-refractivity contribution in [3.05, 3.63) is 69.5 Å². The first-order valence-corrected chi connectivity index (χ1v) is 7.67. The van der Waals surface area contributed by atoms with E-state index in [2.05, 4.69) is 5.32 Å². The number of carbonyl (C=O) groups is 1. The molecule has 2 rings (SSSR count). The standard InChI is InChI=1S/C18H20FN3O3/c1-18(2,13-7-5-6-8-14(13)19)20-17(23)12-9-10-15(21(3)4)16(11-12)22(24)25/h5-11H,1-4H3,(H,20,23). The summed E-state index contributed by atoms with van der Waals surface area (Å²) in [5, 5.41) is 14.0. The van der Waals surface area contributed by atoms with E-state index in [0.717, 1.165) is 0 Å². The van der Waals surface area contributed by atoms with Crippen molar-refractivity contribution in [3.8, 4) is 0 Å². The van der Waals surface area contributed by atoms with Crippen LogP contribution >= 0.6 is 0 Å². The number of benzene rings is 2. The summed E-state index contributed by atoms with van der Waals surface area (Å²) in [5.41, 5.74) is -0.266. The van der Waals surface area contributed by atoms with Gasteiger partial charge in [0.15, 0.2) is 0 Å². The largest absolute Gasteiger partial charge is 0.372 e. The SMILES string of the molecule is CN(C)c1ccc(C(=O)NC(C)(C)c2ccccc2F)cc1[N+](=O)[O-]. The summed E-state index contributed by atoms with van der Waals surface area (Å²) >= 11 is 0. The fourth-order valence-corrected chi connectivity index (χ4v) is 2.58. The van der Waals surface area contributed by atoms with Crippen LogP contribution in [0.5, 0.6) is 0 Å². The van der Waals surface area contributed by atoms with Crippen molar-refractivity contribution >= 4 is 17.3 Å². The van der Waals surface area contributed by atoms with E-state index in [0.29, 0.717) is 11.3 Å². The lowest BCUT2D eigenvalue weighted by molar-refractivity contribution is -0.384. The van der Waals surface area contributed by atoms with Crippen LogP contribution in [0.3, 0.4) is 0 Å². The third-order valence-corrected chi connectivity index (χ3v) is 3.89. The molecule has 0 aliphatic heterocycles. The normalized spacial score (nSPS) is 11.1. The molecule has 2 aromatic carbocycles.